The zero-order valence-corrected chi connectivity index (χ0v) is 14.6. The molecule has 3 rings (SSSR count). The first-order chi connectivity index (χ1) is 10.8. The van der Waals surface area contributed by atoms with Crippen LogP contribution in [0.2, 0.25) is 0 Å². The fourth-order valence-corrected chi connectivity index (χ4v) is 4.04. The van der Waals surface area contributed by atoms with Crippen molar-refractivity contribution in [2.45, 2.75) is 49.8 Å². The third-order valence-corrected chi connectivity index (χ3v) is 5.16. The molecular weight excluding hydrogens is 315 g/mol. The Morgan fingerprint density at radius 2 is 2.13 bits per heavy atom. The van der Waals surface area contributed by atoms with Gasteiger partial charge in [-0.3, -0.25) is 0 Å². The van der Waals surface area contributed by atoms with Crippen molar-refractivity contribution in [3.63, 3.8) is 0 Å². The summed E-state index contributed by atoms with van der Waals surface area (Å²) in [5.74, 6) is 0.775. The van der Waals surface area contributed by atoms with Gasteiger partial charge in [-0.2, -0.15) is 0 Å². The molecule has 1 amide bonds. The fraction of sp³-hybridized carbons (Fsp3) is 0.588. The first kappa shape index (κ1) is 16.6. The van der Waals surface area contributed by atoms with Gasteiger partial charge in [0.05, 0.1) is 0 Å². The lowest BCUT2D eigenvalue weighted by Gasteiger charge is -2.42. The van der Waals surface area contributed by atoms with E-state index in [1.807, 2.05) is 26.8 Å². The van der Waals surface area contributed by atoms with E-state index in [4.69, 9.17) is 4.74 Å². The molecule has 6 heteroatoms. The summed E-state index contributed by atoms with van der Waals surface area (Å²) in [5.41, 5.74) is 0.573. The number of likely N-dealkylation sites (tertiary alicyclic amines) is 1. The van der Waals surface area contributed by atoms with Crippen LogP contribution in [0, 0.1) is 5.82 Å². The molecule has 2 aliphatic heterocycles. The van der Waals surface area contributed by atoms with Crippen LogP contribution in [0.4, 0.5) is 9.18 Å². The van der Waals surface area contributed by atoms with Crippen molar-refractivity contribution >= 4 is 17.9 Å². The second-order valence-electron chi connectivity index (χ2n) is 7.10. The number of fused-ring (bicyclic) bond motifs is 1. The van der Waals surface area contributed by atoms with Crippen molar-refractivity contribution in [2.24, 2.45) is 0 Å². The van der Waals surface area contributed by atoms with Gasteiger partial charge in [0.2, 0.25) is 0 Å². The van der Waals surface area contributed by atoms with E-state index in [1.165, 1.54) is 6.07 Å². The molecule has 0 saturated carbocycles. The Morgan fingerprint density at radius 3 is 2.83 bits per heavy atom. The maximum atomic E-state index is 13.9. The summed E-state index contributed by atoms with van der Waals surface area (Å²) in [5, 5.41) is 3.56. The predicted octanol–water partition coefficient (Wildman–Crippen LogP) is 3.57. The first-order valence-electron chi connectivity index (χ1n) is 7.99. The smallest absolute Gasteiger partial charge is 0.410 e. The molecule has 1 aromatic carbocycles. The highest BCUT2D eigenvalue weighted by molar-refractivity contribution is 7.99. The van der Waals surface area contributed by atoms with Gasteiger partial charge in [-0.15, -0.1) is 11.8 Å². The van der Waals surface area contributed by atoms with Gasteiger partial charge in [0, 0.05) is 30.1 Å². The predicted molar refractivity (Wildman–Crippen MR) is 89.2 cm³/mol. The van der Waals surface area contributed by atoms with Crippen LogP contribution in [0.3, 0.4) is 0 Å². The van der Waals surface area contributed by atoms with Crippen molar-refractivity contribution in [3.05, 3.63) is 29.6 Å². The SMILES string of the molecule is CC(C)(C)OC(=O)N1CC(NC2CCSc3c(F)cccc32)C1. The van der Waals surface area contributed by atoms with E-state index in [-0.39, 0.29) is 24.0 Å². The second kappa shape index (κ2) is 6.32. The number of halogens is 1. The Morgan fingerprint density at radius 1 is 1.39 bits per heavy atom. The Labute approximate surface area is 140 Å². The number of carbonyl (C=O) groups excluding carboxylic acids is 1. The summed E-state index contributed by atoms with van der Waals surface area (Å²) in [6, 6.07) is 5.68. The average Bonchev–Trinajstić information content (AvgIpc) is 2.41. The Bertz CT molecular complexity index is 597. The summed E-state index contributed by atoms with van der Waals surface area (Å²) >= 11 is 1.58. The third kappa shape index (κ3) is 3.80. The largest absolute Gasteiger partial charge is 0.444 e. The quantitative estimate of drug-likeness (QED) is 0.895. The molecule has 23 heavy (non-hydrogen) atoms. The number of carbonyl (C=O) groups is 1. The van der Waals surface area contributed by atoms with Gasteiger partial charge in [0.1, 0.15) is 11.4 Å². The summed E-state index contributed by atoms with van der Waals surface area (Å²) in [6.45, 7) is 6.88. The molecular formula is C17H23FN2O2S. The first-order valence-corrected chi connectivity index (χ1v) is 8.97. The second-order valence-corrected chi connectivity index (χ2v) is 8.20. The minimum atomic E-state index is -0.466. The molecule has 126 valence electrons. The number of ether oxygens (including phenoxy) is 1. The van der Waals surface area contributed by atoms with Crippen LogP contribution in [-0.4, -0.2) is 41.5 Å². The highest BCUT2D eigenvalue weighted by Crippen LogP contribution is 2.38. The minimum Gasteiger partial charge on any atom is -0.444 e. The van der Waals surface area contributed by atoms with Gasteiger partial charge in [-0.05, 0) is 44.6 Å². The Hall–Kier alpha value is -1.27. The standard InChI is InChI=1S/C17H23FN2O2S/c1-17(2,3)22-16(21)20-9-11(10-20)19-14-7-8-23-15-12(14)5-4-6-13(15)18/h4-6,11,14,19H,7-10H2,1-3H3. The summed E-state index contributed by atoms with van der Waals surface area (Å²) in [7, 11) is 0. The molecule has 4 nitrogen and oxygen atoms in total. The average molecular weight is 338 g/mol. The zero-order chi connectivity index (χ0) is 16.6. The molecule has 1 N–H and O–H groups in total. The molecule has 0 spiro atoms. The van der Waals surface area contributed by atoms with E-state index < -0.39 is 5.60 Å². The number of hydrogen-bond acceptors (Lipinski definition) is 4. The van der Waals surface area contributed by atoms with Gasteiger partial charge in [-0.1, -0.05) is 12.1 Å². The molecule has 0 aromatic heterocycles. The van der Waals surface area contributed by atoms with Crippen molar-refractivity contribution in [3.8, 4) is 0 Å². The van der Waals surface area contributed by atoms with Crippen LogP contribution in [0.15, 0.2) is 23.1 Å². The van der Waals surface area contributed by atoms with Crippen molar-refractivity contribution < 1.29 is 13.9 Å². The molecule has 2 aliphatic rings. The Kier molecular flexibility index (Phi) is 4.56. The number of amides is 1. The lowest BCUT2D eigenvalue weighted by molar-refractivity contribution is 0.00404. The normalized spacial score (nSPS) is 21.6. The topological polar surface area (TPSA) is 41.6 Å². The molecule has 2 heterocycles. The summed E-state index contributed by atoms with van der Waals surface area (Å²) in [6.07, 6.45) is 0.713. The van der Waals surface area contributed by atoms with Crippen LogP contribution >= 0.6 is 11.8 Å². The van der Waals surface area contributed by atoms with Gasteiger partial charge in [0.25, 0.3) is 0 Å². The van der Waals surface area contributed by atoms with Crippen LogP contribution in [-0.2, 0) is 4.74 Å². The zero-order valence-electron chi connectivity index (χ0n) is 13.8. The monoisotopic (exact) mass is 338 g/mol. The van der Waals surface area contributed by atoms with E-state index in [0.29, 0.717) is 13.1 Å². The van der Waals surface area contributed by atoms with E-state index in [0.717, 1.165) is 22.6 Å². The van der Waals surface area contributed by atoms with E-state index in [9.17, 15) is 9.18 Å². The molecule has 1 saturated heterocycles. The number of thioether (sulfide) groups is 1. The Balaban J connectivity index is 1.56. The molecule has 1 aromatic rings. The van der Waals surface area contributed by atoms with Gasteiger partial charge in [-0.25, -0.2) is 9.18 Å². The molecule has 0 aliphatic carbocycles. The number of nitrogens with zero attached hydrogens (tertiary/aromatic N) is 1. The van der Waals surface area contributed by atoms with E-state index in [2.05, 4.69) is 5.32 Å². The van der Waals surface area contributed by atoms with E-state index in [1.54, 1.807) is 22.7 Å². The number of rotatable bonds is 2. The lowest BCUT2D eigenvalue weighted by atomic mass is 10.0. The summed E-state index contributed by atoms with van der Waals surface area (Å²) in [4.78, 5) is 14.4. The van der Waals surface area contributed by atoms with Crippen LogP contribution < -0.4 is 5.32 Å². The van der Waals surface area contributed by atoms with Gasteiger partial charge in [0.15, 0.2) is 0 Å². The lowest BCUT2D eigenvalue weighted by Crippen LogP contribution is -2.61. The van der Waals surface area contributed by atoms with Crippen molar-refractivity contribution in [2.75, 3.05) is 18.8 Å². The highest BCUT2D eigenvalue weighted by Gasteiger charge is 2.35. The number of nitrogens with one attached hydrogen (secondary N) is 1. The maximum absolute atomic E-state index is 13.9. The van der Waals surface area contributed by atoms with Crippen LogP contribution in [0.25, 0.3) is 0 Å². The molecule has 1 unspecified atom stereocenters. The number of hydrogen-bond donors (Lipinski definition) is 1. The molecule has 1 atom stereocenters. The highest BCUT2D eigenvalue weighted by atomic mass is 32.2. The van der Waals surface area contributed by atoms with E-state index >= 15 is 0 Å². The number of benzene rings is 1. The third-order valence-electron chi connectivity index (χ3n) is 4.00. The van der Waals surface area contributed by atoms with Crippen LogP contribution in [0.5, 0.6) is 0 Å². The van der Waals surface area contributed by atoms with Gasteiger partial charge < -0.3 is 15.0 Å². The molecule has 0 radical (unpaired) electrons. The summed E-state index contributed by atoms with van der Waals surface area (Å²) < 4.78 is 19.2. The maximum Gasteiger partial charge on any atom is 0.410 e. The molecule has 1 fully saturated rings. The van der Waals surface area contributed by atoms with Crippen molar-refractivity contribution in [1.29, 1.82) is 0 Å². The van der Waals surface area contributed by atoms with Crippen LogP contribution in [0.1, 0.15) is 38.8 Å². The van der Waals surface area contributed by atoms with Gasteiger partial charge >= 0.3 is 6.09 Å². The fourth-order valence-electron chi connectivity index (χ4n) is 2.90. The van der Waals surface area contributed by atoms with Crippen molar-refractivity contribution in [1.82, 2.24) is 10.2 Å². The minimum absolute atomic E-state index is 0.136. The molecule has 0 bridgehead atoms.